The second-order valence-corrected chi connectivity index (χ2v) is 5.15. The number of aromatic amines is 1. The van der Waals surface area contributed by atoms with E-state index < -0.39 is 11.2 Å². The van der Waals surface area contributed by atoms with Gasteiger partial charge in [0.05, 0.1) is 6.61 Å². The molecule has 0 unspecified atom stereocenters. The summed E-state index contributed by atoms with van der Waals surface area (Å²) in [5.41, 5.74) is -0.0812. The summed E-state index contributed by atoms with van der Waals surface area (Å²) in [6, 6.07) is 0. The van der Waals surface area contributed by atoms with E-state index in [0.29, 0.717) is 28.3 Å². The zero-order valence-electron chi connectivity index (χ0n) is 12.7. The number of nitrogens with one attached hydrogen (secondary N) is 1. The van der Waals surface area contributed by atoms with Crippen LogP contribution in [0.15, 0.2) is 21.9 Å². The van der Waals surface area contributed by atoms with Crippen molar-refractivity contribution < 1.29 is 9.78 Å². The zero-order valence-corrected chi connectivity index (χ0v) is 13.5. The Hall–Kier alpha value is -2.13. The van der Waals surface area contributed by atoms with E-state index in [0.717, 1.165) is 4.57 Å². The maximum Gasteiger partial charge on any atom is 0.332 e. The fraction of sp³-hybridized carbons (Fsp3) is 0.462. The lowest BCUT2D eigenvalue weighted by Crippen LogP contribution is -2.39. The molecule has 2 rings (SSSR count). The number of fused-ring (bicyclic) bond motifs is 1. The van der Waals surface area contributed by atoms with Crippen molar-refractivity contribution in [3.8, 4) is 0 Å². The molecule has 8 nitrogen and oxygen atoms in total. The number of rotatable bonds is 6. The van der Waals surface area contributed by atoms with Gasteiger partial charge in [0.1, 0.15) is 11.4 Å². The third kappa shape index (κ3) is 2.77. The van der Waals surface area contributed by atoms with Gasteiger partial charge in [-0.15, -0.1) is 0 Å². The highest BCUT2D eigenvalue weighted by Crippen LogP contribution is 2.06. The monoisotopic (exact) mass is 326 g/mol. The summed E-state index contributed by atoms with van der Waals surface area (Å²) < 4.78 is 4.42. The molecule has 2 heterocycles. The average molecular weight is 326 g/mol. The topological polar surface area (TPSA) is 83.2 Å². The van der Waals surface area contributed by atoms with Crippen LogP contribution in [-0.2, 0) is 30.4 Å². The van der Waals surface area contributed by atoms with Crippen LogP contribution in [0, 0.1) is 4.77 Å². The number of hydrogen-bond acceptors (Lipinski definition) is 5. The van der Waals surface area contributed by atoms with Crippen molar-refractivity contribution in [2.45, 2.75) is 19.9 Å². The molecule has 0 bridgehead atoms. The standard InChI is InChI=1S/C13H18N4O4S/c1-5-20-21-8(2)6-7-17-11(18)9-10(16(4)13(17)19)14-12(22)15(9)3/h2,5-7H2,1,3-4H3,(H,14,22). The van der Waals surface area contributed by atoms with Crippen LogP contribution in [0.1, 0.15) is 13.3 Å². The first kappa shape index (κ1) is 16.2. The van der Waals surface area contributed by atoms with Gasteiger partial charge in [-0.2, -0.15) is 4.89 Å². The number of allylic oxidation sites excluding steroid dienone is 1. The normalized spacial score (nSPS) is 11.0. The van der Waals surface area contributed by atoms with E-state index in [1.54, 1.807) is 25.6 Å². The number of aryl methyl sites for hydroxylation is 2. The summed E-state index contributed by atoms with van der Waals surface area (Å²) in [5, 5.41) is 0. The maximum atomic E-state index is 12.5. The molecule has 0 spiro atoms. The van der Waals surface area contributed by atoms with Gasteiger partial charge in [0.25, 0.3) is 5.56 Å². The molecule has 0 fully saturated rings. The second kappa shape index (κ2) is 6.32. The highest BCUT2D eigenvalue weighted by Gasteiger charge is 2.15. The molecule has 22 heavy (non-hydrogen) atoms. The SMILES string of the molecule is C=C(CCn1c(=O)c2c([nH]c(=S)n2C)n(C)c1=O)OOCC. The van der Waals surface area contributed by atoms with Crippen LogP contribution in [0.3, 0.4) is 0 Å². The van der Waals surface area contributed by atoms with Gasteiger partial charge in [-0.25, -0.2) is 4.79 Å². The van der Waals surface area contributed by atoms with Crippen molar-refractivity contribution in [1.82, 2.24) is 18.7 Å². The van der Waals surface area contributed by atoms with Crippen LogP contribution in [0.4, 0.5) is 0 Å². The Balaban J connectivity index is 2.45. The first-order valence-electron chi connectivity index (χ1n) is 6.74. The molecule has 0 amide bonds. The van der Waals surface area contributed by atoms with Gasteiger partial charge in [-0.05, 0) is 19.1 Å². The molecule has 0 aromatic carbocycles. The molecule has 9 heteroatoms. The summed E-state index contributed by atoms with van der Waals surface area (Å²) in [5.74, 6) is 0.346. The molecule has 120 valence electrons. The van der Waals surface area contributed by atoms with Crippen molar-refractivity contribution in [1.29, 1.82) is 0 Å². The zero-order chi connectivity index (χ0) is 16.4. The van der Waals surface area contributed by atoms with E-state index >= 15 is 0 Å². The van der Waals surface area contributed by atoms with Crippen LogP contribution in [0.5, 0.6) is 0 Å². The molecule has 0 aliphatic rings. The molecule has 2 aromatic heterocycles. The molecule has 0 radical (unpaired) electrons. The minimum absolute atomic E-state index is 0.144. The number of H-pyrrole nitrogens is 1. The Morgan fingerprint density at radius 2 is 2.00 bits per heavy atom. The van der Waals surface area contributed by atoms with Crippen molar-refractivity contribution in [2.24, 2.45) is 14.1 Å². The number of aromatic nitrogens is 4. The smallest absolute Gasteiger partial charge is 0.332 e. The van der Waals surface area contributed by atoms with Gasteiger partial charge >= 0.3 is 5.69 Å². The Bertz CT molecular complexity index is 886. The van der Waals surface area contributed by atoms with E-state index in [4.69, 9.17) is 22.0 Å². The van der Waals surface area contributed by atoms with E-state index in [9.17, 15) is 9.59 Å². The molecule has 2 aromatic rings. The fourth-order valence-electron chi connectivity index (χ4n) is 2.10. The Morgan fingerprint density at radius 1 is 1.32 bits per heavy atom. The fourth-order valence-corrected chi connectivity index (χ4v) is 2.29. The minimum atomic E-state index is -0.432. The largest absolute Gasteiger partial charge is 0.343 e. The van der Waals surface area contributed by atoms with E-state index in [-0.39, 0.29) is 13.0 Å². The van der Waals surface area contributed by atoms with E-state index in [1.807, 2.05) is 0 Å². The lowest BCUT2D eigenvalue weighted by molar-refractivity contribution is -0.259. The number of imidazole rings is 1. The first-order chi connectivity index (χ1) is 10.4. The van der Waals surface area contributed by atoms with Crippen molar-refractivity contribution in [3.63, 3.8) is 0 Å². The predicted molar refractivity (Wildman–Crippen MR) is 84.1 cm³/mol. The van der Waals surface area contributed by atoms with Gasteiger partial charge in [0, 0.05) is 27.1 Å². The predicted octanol–water partition coefficient (Wildman–Crippen LogP) is 0.968. The highest BCUT2D eigenvalue weighted by molar-refractivity contribution is 7.71. The molecular weight excluding hydrogens is 308 g/mol. The van der Waals surface area contributed by atoms with Gasteiger partial charge in [0.15, 0.2) is 10.3 Å². The van der Waals surface area contributed by atoms with E-state index in [2.05, 4.69) is 11.6 Å². The highest BCUT2D eigenvalue weighted by atomic mass is 32.1. The molecule has 0 saturated carbocycles. The lowest BCUT2D eigenvalue weighted by atomic mass is 10.3. The number of nitrogens with zero attached hydrogens (tertiary/aromatic N) is 3. The van der Waals surface area contributed by atoms with Crippen LogP contribution in [0.25, 0.3) is 11.2 Å². The summed E-state index contributed by atoms with van der Waals surface area (Å²) in [6.45, 7) is 5.98. The van der Waals surface area contributed by atoms with E-state index in [1.165, 1.54) is 4.57 Å². The average Bonchev–Trinajstić information content (AvgIpc) is 2.79. The quantitative estimate of drug-likeness (QED) is 0.370. The lowest BCUT2D eigenvalue weighted by Gasteiger charge is -2.10. The van der Waals surface area contributed by atoms with Crippen molar-refractivity contribution in [2.75, 3.05) is 6.61 Å². The second-order valence-electron chi connectivity index (χ2n) is 4.76. The molecule has 0 saturated heterocycles. The van der Waals surface area contributed by atoms with Crippen molar-refractivity contribution >= 4 is 23.4 Å². The molecule has 0 aliphatic heterocycles. The number of hydrogen-bond donors (Lipinski definition) is 1. The molecule has 0 aliphatic carbocycles. The van der Waals surface area contributed by atoms with Crippen LogP contribution < -0.4 is 11.2 Å². The minimum Gasteiger partial charge on any atom is -0.343 e. The van der Waals surface area contributed by atoms with Gasteiger partial charge < -0.3 is 14.4 Å². The molecular formula is C13H18N4O4S. The Labute approximate surface area is 131 Å². The Morgan fingerprint density at radius 3 is 2.64 bits per heavy atom. The third-order valence-corrected chi connectivity index (χ3v) is 3.68. The summed E-state index contributed by atoms with van der Waals surface area (Å²) in [6.07, 6.45) is 0.287. The summed E-state index contributed by atoms with van der Waals surface area (Å²) in [4.78, 5) is 37.4. The first-order valence-corrected chi connectivity index (χ1v) is 7.15. The van der Waals surface area contributed by atoms with Crippen LogP contribution in [0.2, 0.25) is 0 Å². The van der Waals surface area contributed by atoms with Gasteiger partial charge in [-0.1, -0.05) is 6.58 Å². The van der Waals surface area contributed by atoms with Gasteiger partial charge in [0.2, 0.25) is 0 Å². The Kier molecular flexibility index (Phi) is 4.67. The molecule has 0 atom stereocenters. The van der Waals surface area contributed by atoms with Crippen LogP contribution in [-0.4, -0.2) is 25.3 Å². The van der Waals surface area contributed by atoms with Gasteiger partial charge in [-0.3, -0.25) is 13.9 Å². The summed E-state index contributed by atoms with van der Waals surface area (Å²) >= 11 is 5.11. The molecule has 1 N–H and O–H groups in total. The third-order valence-electron chi connectivity index (χ3n) is 3.30. The van der Waals surface area contributed by atoms with Crippen LogP contribution >= 0.6 is 12.2 Å². The summed E-state index contributed by atoms with van der Waals surface area (Å²) in [7, 11) is 3.26. The van der Waals surface area contributed by atoms with Crippen molar-refractivity contribution in [3.05, 3.63) is 37.9 Å². The maximum absolute atomic E-state index is 12.5.